The second-order valence-corrected chi connectivity index (χ2v) is 8.19. The molecule has 0 atom stereocenters. The predicted molar refractivity (Wildman–Crippen MR) is 123 cm³/mol. The smallest absolute Gasteiger partial charge is 0.330 e. The first-order valence-corrected chi connectivity index (χ1v) is 12.4. The summed E-state index contributed by atoms with van der Waals surface area (Å²) in [6.07, 6.45) is 28.2. The minimum absolute atomic E-state index is 0.240. The third kappa shape index (κ3) is 23.5. The Hall–Kier alpha value is -0.440. The molecule has 0 aromatic heterocycles. The Morgan fingerprint density at radius 2 is 1.11 bits per heavy atom. The highest BCUT2D eigenvalue weighted by atomic mass is 32.1. The van der Waals surface area contributed by atoms with Gasteiger partial charge in [-0.05, 0) is 12.8 Å². The van der Waals surface area contributed by atoms with Gasteiger partial charge in [-0.15, -0.1) is 0 Å². The number of rotatable bonds is 21. The second-order valence-electron chi connectivity index (χ2n) is 7.74. The zero-order valence-corrected chi connectivity index (χ0v) is 19.0. The largest absolute Gasteiger partial charge is 0.462 e. The van der Waals surface area contributed by atoms with E-state index in [2.05, 4.69) is 19.6 Å². The van der Waals surface area contributed by atoms with Gasteiger partial charge in [0.05, 0.1) is 0 Å². The van der Waals surface area contributed by atoms with Crippen molar-refractivity contribution >= 4 is 18.6 Å². The number of carbonyl (C=O) groups is 1. The molecule has 2 nitrogen and oxygen atoms in total. The predicted octanol–water partition coefficient (Wildman–Crippen LogP) is 8.06. The van der Waals surface area contributed by atoms with Crippen LogP contribution in [0.3, 0.4) is 0 Å². The molecule has 0 aliphatic carbocycles. The van der Waals surface area contributed by atoms with Gasteiger partial charge in [-0.2, -0.15) is 12.6 Å². The van der Waals surface area contributed by atoms with E-state index >= 15 is 0 Å². The van der Waals surface area contributed by atoms with Crippen LogP contribution in [0, 0.1) is 0 Å². The van der Waals surface area contributed by atoms with Crippen molar-refractivity contribution in [1.29, 1.82) is 0 Å². The number of hydrogen-bond donors (Lipinski definition) is 1. The van der Waals surface area contributed by atoms with Crippen molar-refractivity contribution in [1.82, 2.24) is 0 Å². The Morgan fingerprint density at radius 3 is 1.52 bits per heavy atom. The Balaban J connectivity index is 3.11. The number of ether oxygens (including phenoxy) is 1. The molecule has 0 radical (unpaired) electrons. The average Bonchev–Trinajstić information content (AvgIpc) is 2.68. The van der Waals surface area contributed by atoms with Crippen LogP contribution < -0.4 is 0 Å². The third-order valence-electron chi connectivity index (χ3n) is 5.06. The SMILES string of the molecule is CCCCCCCCCCCCCCCCCCC/C=C/C(=O)OCCS. The van der Waals surface area contributed by atoms with Crippen molar-refractivity contribution in [3.8, 4) is 0 Å². The molecule has 0 aliphatic heterocycles. The first-order valence-electron chi connectivity index (χ1n) is 11.8. The van der Waals surface area contributed by atoms with Crippen LogP contribution in [0.4, 0.5) is 0 Å². The topological polar surface area (TPSA) is 26.3 Å². The van der Waals surface area contributed by atoms with Gasteiger partial charge in [-0.25, -0.2) is 4.79 Å². The molecular formula is C24H46O2S. The summed E-state index contributed by atoms with van der Waals surface area (Å²) in [6, 6.07) is 0. The van der Waals surface area contributed by atoms with E-state index in [-0.39, 0.29) is 5.97 Å². The molecule has 0 N–H and O–H groups in total. The van der Waals surface area contributed by atoms with E-state index in [4.69, 9.17) is 4.74 Å². The molecule has 0 aromatic rings. The molecule has 160 valence electrons. The first-order chi connectivity index (χ1) is 13.3. The molecule has 0 heterocycles. The minimum Gasteiger partial charge on any atom is -0.462 e. The van der Waals surface area contributed by atoms with Crippen molar-refractivity contribution in [2.24, 2.45) is 0 Å². The lowest BCUT2D eigenvalue weighted by atomic mass is 10.0. The highest BCUT2D eigenvalue weighted by Crippen LogP contribution is 2.14. The summed E-state index contributed by atoms with van der Waals surface area (Å²) >= 11 is 4.01. The van der Waals surface area contributed by atoms with Gasteiger partial charge in [0.15, 0.2) is 0 Å². The van der Waals surface area contributed by atoms with Gasteiger partial charge in [-0.1, -0.05) is 116 Å². The zero-order valence-electron chi connectivity index (χ0n) is 18.1. The number of hydrogen-bond acceptors (Lipinski definition) is 3. The van der Waals surface area contributed by atoms with Crippen molar-refractivity contribution < 1.29 is 9.53 Å². The molecule has 0 aliphatic rings. The van der Waals surface area contributed by atoms with Crippen molar-refractivity contribution in [2.45, 2.75) is 122 Å². The van der Waals surface area contributed by atoms with E-state index in [1.165, 1.54) is 109 Å². The fraction of sp³-hybridized carbons (Fsp3) is 0.875. The summed E-state index contributed by atoms with van der Waals surface area (Å²) in [6.45, 7) is 2.68. The number of esters is 1. The number of thiol groups is 1. The Labute approximate surface area is 175 Å². The molecule has 0 saturated carbocycles. The first kappa shape index (κ1) is 26.6. The van der Waals surface area contributed by atoms with Crippen LogP contribution in [0.5, 0.6) is 0 Å². The molecule has 0 fully saturated rings. The summed E-state index contributed by atoms with van der Waals surface area (Å²) in [5, 5.41) is 0. The highest BCUT2D eigenvalue weighted by molar-refractivity contribution is 7.80. The lowest BCUT2D eigenvalue weighted by molar-refractivity contribution is -0.137. The maximum absolute atomic E-state index is 11.2. The van der Waals surface area contributed by atoms with Gasteiger partial charge < -0.3 is 4.74 Å². The number of unbranched alkanes of at least 4 members (excludes halogenated alkanes) is 17. The van der Waals surface area contributed by atoms with Gasteiger partial charge in [0, 0.05) is 11.8 Å². The van der Waals surface area contributed by atoms with E-state index in [9.17, 15) is 4.79 Å². The molecule has 0 rings (SSSR count). The van der Waals surface area contributed by atoms with Gasteiger partial charge in [-0.3, -0.25) is 0 Å². The summed E-state index contributed by atoms with van der Waals surface area (Å²) in [5.41, 5.74) is 0. The van der Waals surface area contributed by atoms with E-state index in [1.807, 2.05) is 6.08 Å². The minimum atomic E-state index is -0.240. The quantitative estimate of drug-likeness (QED) is 0.0915. The van der Waals surface area contributed by atoms with Gasteiger partial charge in [0.1, 0.15) is 6.61 Å². The fourth-order valence-electron chi connectivity index (χ4n) is 3.36. The molecule has 0 saturated heterocycles. The Bertz CT molecular complexity index is 328. The molecule has 0 bridgehead atoms. The molecule has 3 heteroatoms. The second kappa shape index (κ2) is 23.6. The van der Waals surface area contributed by atoms with E-state index < -0.39 is 0 Å². The summed E-state index contributed by atoms with van der Waals surface area (Å²) in [4.78, 5) is 11.2. The van der Waals surface area contributed by atoms with Crippen LogP contribution in [0.15, 0.2) is 12.2 Å². The van der Waals surface area contributed by atoms with E-state index in [0.717, 1.165) is 6.42 Å². The molecule has 0 spiro atoms. The summed E-state index contributed by atoms with van der Waals surface area (Å²) < 4.78 is 4.93. The Morgan fingerprint density at radius 1 is 0.704 bits per heavy atom. The van der Waals surface area contributed by atoms with E-state index in [0.29, 0.717) is 12.4 Å². The molecule has 27 heavy (non-hydrogen) atoms. The van der Waals surface area contributed by atoms with Crippen LogP contribution in [0.1, 0.15) is 122 Å². The Kier molecular flexibility index (Phi) is 23.2. The number of carbonyl (C=O) groups excluding carboxylic acids is 1. The molecule has 0 unspecified atom stereocenters. The monoisotopic (exact) mass is 398 g/mol. The van der Waals surface area contributed by atoms with Crippen LogP contribution in [0.25, 0.3) is 0 Å². The van der Waals surface area contributed by atoms with Crippen LogP contribution in [0.2, 0.25) is 0 Å². The number of allylic oxidation sites excluding steroid dienone is 1. The van der Waals surface area contributed by atoms with E-state index in [1.54, 1.807) is 6.08 Å². The highest BCUT2D eigenvalue weighted by Gasteiger charge is 1.96. The van der Waals surface area contributed by atoms with Gasteiger partial charge >= 0.3 is 5.97 Å². The third-order valence-corrected chi connectivity index (χ3v) is 5.25. The molecular weight excluding hydrogens is 352 g/mol. The standard InChI is InChI=1S/C24H46O2S/c1-2-3-4-5-6-7-8-9-10-11-12-13-14-15-16-17-18-19-20-21-24(25)26-22-23-27/h20-21,27H,2-19,22-23H2,1H3/b21-20+. The molecule has 0 aromatic carbocycles. The summed E-state index contributed by atoms with van der Waals surface area (Å²) in [5.74, 6) is 0.342. The maximum atomic E-state index is 11.2. The lowest BCUT2D eigenvalue weighted by Crippen LogP contribution is -2.02. The summed E-state index contributed by atoms with van der Waals surface area (Å²) in [7, 11) is 0. The van der Waals surface area contributed by atoms with Gasteiger partial charge in [0.25, 0.3) is 0 Å². The van der Waals surface area contributed by atoms with Crippen LogP contribution in [-0.2, 0) is 9.53 Å². The molecule has 0 amide bonds. The van der Waals surface area contributed by atoms with Crippen LogP contribution >= 0.6 is 12.6 Å². The van der Waals surface area contributed by atoms with Gasteiger partial charge in [0.2, 0.25) is 0 Å². The zero-order chi connectivity index (χ0) is 19.8. The average molecular weight is 399 g/mol. The lowest BCUT2D eigenvalue weighted by Gasteiger charge is -2.03. The fourth-order valence-corrected chi connectivity index (χ4v) is 3.45. The normalized spacial score (nSPS) is 11.3. The van der Waals surface area contributed by atoms with Crippen LogP contribution in [-0.4, -0.2) is 18.3 Å². The van der Waals surface area contributed by atoms with Crippen molar-refractivity contribution in [3.63, 3.8) is 0 Å². The van der Waals surface area contributed by atoms with Crippen molar-refractivity contribution in [2.75, 3.05) is 12.4 Å². The van der Waals surface area contributed by atoms with Crippen molar-refractivity contribution in [3.05, 3.63) is 12.2 Å². The maximum Gasteiger partial charge on any atom is 0.330 e.